The molecule has 5 heteroatoms. The van der Waals surface area contributed by atoms with Gasteiger partial charge in [0.05, 0.1) is 12.2 Å². The van der Waals surface area contributed by atoms with Crippen LogP contribution in [0, 0.1) is 6.92 Å². The van der Waals surface area contributed by atoms with Crippen LogP contribution in [0.15, 0.2) is 0 Å². The van der Waals surface area contributed by atoms with Gasteiger partial charge in [0, 0.05) is 4.75 Å². The van der Waals surface area contributed by atoms with Gasteiger partial charge in [-0.3, -0.25) is 0 Å². The highest BCUT2D eigenvalue weighted by Gasteiger charge is 2.43. The SMILES string of the molecule is CSC1(Cn2nc(C)c(Cl)c2N)CC1. The second-order valence-corrected chi connectivity index (χ2v) is 5.48. The largest absolute Gasteiger partial charge is 0.383 e. The third-order valence-corrected chi connectivity index (χ3v) is 4.64. The van der Waals surface area contributed by atoms with E-state index >= 15 is 0 Å². The molecule has 2 rings (SSSR count). The minimum atomic E-state index is 0.371. The molecule has 14 heavy (non-hydrogen) atoms. The molecule has 1 aromatic rings. The van der Waals surface area contributed by atoms with Crippen LogP contribution >= 0.6 is 23.4 Å². The number of hydrogen-bond donors (Lipinski definition) is 1. The molecule has 0 saturated heterocycles. The number of aromatic nitrogens is 2. The Hall–Kier alpha value is -0.350. The zero-order valence-electron chi connectivity index (χ0n) is 8.38. The molecule has 0 spiro atoms. The van der Waals surface area contributed by atoms with Crippen LogP contribution in [-0.2, 0) is 6.54 Å². The highest BCUT2D eigenvalue weighted by molar-refractivity contribution is 8.00. The number of anilines is 1. The molecule has 0 atom stereocenters. The summed E-state index contributed by atoms with van der Waals surface area (Å²) in [5, 5.41) is 4.93. The van der Waals surface area contributed by atoms with Gasteiger partial charge in [-0.25, -0.2) is 4.68 Å². The molecular formula is C9H14ClN3S. The van der Waals surface area contributed by atoms with Gasteiger partial charge in [0.2, 0.25) is 0 Å². The van der Waals surface area contributed by atoms with Crippen LogP contribution in [0.5, 0.6) is 0 Å². The molecule has 0 unspecified atom stereocenters. The molecule has 78 valence electrons. The van der Waals surface area contributed by atoms with E-state index in [2.05, 4.69) is 11.4 Å². The second kappa shape index (κ2) is 3.35. The number of hydrogen-bond acceptors (Lipinski definition) is 3. The molecule has 1 heterocycles. The Morgan fingerprint density at radius 3 is 2.64 bits per heavy atom. The van der Waals surface area contributed by atoms with E-state index < -0.39 is 0 Å². The number of nitrogen functional groups attached to an aromatic ring is 1. The van der Waals surface area contributed by atoms with Crippen molar-refractivity contribution in [3.63, 3.8) is 0 Å². The maximum atomic E-state index is 5.98. The first-order valence-corrected chi connectivity index (χ1v) is 6.22. The number of nitrogens with zero attached hydrogens (tertiary/aromatic N) is 2. The van der Waals surface area contributed by atoms with Crippen molar-refractivity contribution in [2.24, 2.45) is 0 Å². The van der Waals surface area contributed by atoms with E-state index in [0.717, 1.165) is 12.2 Å². The van der Waals surface area contributed by atoms with E-state index in [-0.39, 0.29) is 0 Å². The number of halogens is 1. The summed E-state index contributed by atoms with van der Waals surface area (Å²) < 4.78 is 2.21. The molecule has 3 nitrogen and oxygen atoms in total. The lowest BCUT2D eigenvalue weighted by atomic mass is 10.4. The Morgan fingerprint density at radius 2 is 2.29 bits per heavy atom. The van der Waals surface area contributed by atoms with Gasteiger partial charge in [-0.15, -0.1) is 0 Å². The summed E-state index contributed by atoms with van der Waals surface area (Å²) in [6, 6.07) is 0. The predicted molar refractivity (Wildman–Crippen MR) is 61.9 cm³/mol. The van der Waals surface area contributed by atoms with Crippen LogP contribution < -0.4 is 5.73 Å². The Balaban J connectivity index is 2.21. The van der Waals surface area contributed by atoms with Gasteiger partial charge in [-0.1, -0.05) is 11.6 Å². The fourth-order valence-corrected chi connectivity index (χ4v) is 2.43. The van der Waals surface area contributed by atoms with Crippen molar-refractivity contribution in [3.8, 4) is 0 Å². The van der Waals surface area contributed by atoms with Crippen molar-refractivity contribution in [1.29, 1.82) is 0 Å². The van der Waals surface area contributed by atoms with Gasteiger partial charge in [-0.2, -0.15) is 16.9 Å². The summed E-state index contributed by atoms with van der Waals surface area (Å²) in [7, 11) is 0. The standard InChI is InChI=1S/C9H14ClN3S/c1-6-7(10)8(11)13(12-6)5-9(14-2)3-4-9/h3-5,11H2,1-2H3. The molecule has 1 saturated carbocycles. The van der Waals surface area contributed by atoms with Crippen molar-refractivity contribution >= 4 is 29.2 Å². The van der Waals surface area contributed by atoms with Gasteiger partial charge in [0.1, 0.15) is 10.8 Å². The first-order chi connectivity index (χ1) is 6.58. The fraction of sp³-hybridized carbons (Fsp3) is 0.667. The van der Waals surface area contributed by atoms with Gasteiger partial charge < -0.3 is 5.73 Å². The lowest BCUT2D eigenvalue weighted by molar-refractivity contribution is 0.593. The van der Waals surface area contributed by atoms with Crippen LogP contribution in [-0.4, -0.2) is 20.8 Å². The monoisotopic (exact) mass is 231 g/mol. The van der Waals surface area contributed by atoms with E-state index in [1.54, 1.807) is 0 Å². The maximum Gasteiger partial charge on any atom is 0.140 e. The minimum Gasteiger partial charge on any atom is -0.383 e. The molecule has 1 fully saturated rings. The molecule has 1 aliphatic rings. The molecule has 1 aliphatic carbocycles. The minimum absolute atomic E-state index is 0.371. The van der Waals surface area contributed by atoms with Gasteiger partial charge >= 0.3 is 0 Å². The second-order valence-electron chi connectivity index (χ2n) is 3.83. The Kier molecular flexibility index (Phi) is 2.43. The molecule has 2 N–H and O–H groups in total. The average Bonchev–Trinajstić information content (AvgIpc) is 2.90. The summed E-state index contributed by atoms with van der Waals surface area (Å²) in [5.74, 6) is 0.601. The molecule has 1 aromatic heterocycles. The van der Waals surface area contributed by atoms with Crippen LogP contribution in [0.25, 0.3) is 0 Å². The number of rotatable bonds is 3. The summed E-state index contributed by atoms with van der Waals surface area (Å²) in [6.07, 6.45) is 4.65. The molecule has 0 aromatic carbocycles. The van der Waals surface area contributed by atoms with E-state index in [1.807, 2.05) is 23.4 Å². The van der Waals surface area contributed by atoms with Gasteiger partial charge in [-0.05, 0) is 26.0 Å². The maximum absolute atomic E-state index is 5.98. The Morgan fingerprint density at radius 1 is 1.64 bits per heavy atom. The third kappa shape index (κ3) is 1.61. The third-order valence-electron chi connectivity index (χ3n) is 2.77. The van der Waals surface area contributed by atoms with Crippen molar-refractivity contribution in [2.45, 2.75) is 31.1 Å². The molecule has 0 aliphatic heterocycles. The van der Waals surface area contributed by atoms with E-state index in [4.69, 9.17) is 17.3 Å². The summed E-state index contributed by atoms with van der Waals surface area (Å²) in [4.78, 5) is 0. The topological polar surface area (TPSA) is 43.8 Å². The summed E-state index contributed by atoms with van der Waals surface area (Å²) in [5.41, 5.74) is 6.67. The quantitative estimate of drug-likeness (QED) is 0.869. The van der Waals surface area contributed by atoms with E-state index in [9.17, 15) is 0 Å². The van der Waals surface area contributed by atoms with E-state index in [0.29, 0.717) is 15.6 Å². The fourth-order valence-electron chi connectivity index (χ4n) is 1.54. The van der Waals surface area contributed by atoms with Crippen LogP contribution in [0.2, 0.25) is 5.02 Å². The van der Waals surface area contributed by atoms with E-state index in [1.165, 1.54) is 12.8 Å². The molecule has 0 bridgehead atoms. The van der Waals surface area contributed by atoms with Crippen LogP contribution in [0.3, 0.4) is 0 Å². The Bertz CT molecular complexity index is 357. The predicted octanol–water partition coefficient (Wildman–Crippen LogP) is 2.32. The zero-order chi connectivity index (χ0) is 10.3. The first-order valence-electron chi connectivity index (χ1n) is 4.61. The zero-order valence-corrected chi connectivity index (χ0v) is 9.95. The lowest BCUT2D eigenvalue weighted by Gasteiger charge is -2.12. The van der Waals surface area contributed by atoms with Crippen molar-refractivity contribution < 1.29 is 0 Å². The summed E-state index contributed by atoms with van der Waals surface area (Å²) in [6.45, 7) is 2.77. The van der Waals surface area contributed by atoms with Crippen LogP contribution in [0.4, 0.5) is 5.82 Å². The van der Waals surface area contributed by atoms with Crippen molar-refractivity contribution in [3.05, 3.63) is 10.7 Å². The molecular weight excluding hydrogens is 218 g/mol. The Labute approximate surface area is 93.0 Å². The smallest absolute Gasteiger partial charge is 0.140 e. The van der Waals surface area contributed by atoms with Gasteiger partial charge in [0.15, 0.2) is 0 Å². The summed E-state index contributed by atoms with van der Waals surface area (Å²) >= 11 is 7.87. The van der Waals surface area contributed by atoms with Crippen molar-refractivity contribution in [1.82, 2.24) is 9.78 Å². The molecule has 0 amide bonds. The highest BCUT2D eigenvalue weighted by Crippen LogP contribution is 2.48. The highest BCUT2D eigenvalue weighted by atomic mass is 35.5. The molecule has 0 radical (unpaired) electrons. The normalized spacial score (nSPS) is 18.5. The number of aryl methyl sites for hydroxylation is 1. The lowest BCUT2D eigenvalue weighted by Crippen LogP contribution is -2.16. The number of thioether (sulfide) groups is 1. The van der Waals surface area contributed by atoms with Crippen molar-refractivity contribution in [2.75, 3.05) is 12.0 Å². The first kappa shape index (κ1) is 10.2. The number of nitrogens with two attached hydrogens (primary N) is 1. The van der Waals surface area contributed by atoms with Crippen LogP contribution in [0.1, 0.15) is 18.5 Å². The van der Waals surface area contributed by atoms with Gasteiger partial charge in [0.25, 0.3) is 0 Å². The average molecular weight is 232 g/mol.